The Labute approximate surface area is 278 Å². The van der Waals surface area contributed by atoms with Crippen LogP contribution in [-0.4, -0.2) is 19.3 Å². The average molecular weight is 770 g/mol. The Morgan fingerprint density at radius 1 is 0.756 bits per heavy atom. The molecule has 7 rings (SSSR count). The summed E-state index contributed by atoms with van der Waals surface area (Å²) < 4.78 is 10.5. The summed E-state index contributed by atoms with van der Waals surface area (Å²) in [7, 11) is 0. The van der Waals surface area contributed by atoms with E-state index in [9.17, 15) is 0 Å². The Kier molecular flexibility index (Phi) is 8.24. The second-order valence-corrected chi connectivity index (χ2v) is 11.5. The third-order valence-electron chi connectivity index (χ3n) is 8.54. The molecule has 7 aromatic rings. The molecule has 0 saturated heterocycles. The number of hydrogen-bond donors (Lipinski definition) is 0. The zero-order chi connectivity index (χ0) is 30.5. The Bertz CT molecular complexity index is 2210. The van der Waals surface area contributed by atoms with Gasteiger partial charge in [-0.25, -0.2) is 4.98 Å². The van der Waals surface area contributed by atoms with Gasteiger partial charge in [-0.15, -0.1) is 35.7 Å². The topological polar surface area (TPSA) is 44.9 Å². The van der Waals surface area contributed by atoms with Gasteiger partial charge in [-0.2, -0.15) is 17.2 Å². The fraction of sp³-hybridized carbons (Fsp3) is 0.179. The summed E-state index contributed by atoms with van der Waals surface area (Å²) >= 11 is 0. The molecular weight excluding hydrogens is 736 g/mol. The van der Waals surface area contributed by atoms with Gasteiger partial charge in [0.2, 0.25) is 0 Å². The van der Waals surface area contributed by atoms with Crippen LogP contribution in [0.2, 0.25) is 0 Å². The molecule has 3 aromatic heterocycles. The van der Waals surface area contributed by atoms with Crippen molar-refractivity contribution in [2.24, 2.45) is 0 Å². The average Bonchev–Trinajstić information content (AvgIpc) is 3.51. The molecule has 0 atom stereocenters. The first-order chi connectivity index (χ1) is 21.3. The number of aromatic nitrogens is 4. The molecule has 0 aliphatic carbocycles. The van der Waals surface area contributed by atoms with Gasteiger partial charge in [0.25, 0.3) is 0 Å². The van der Waals surface area contributed by atoms with Crippen molar-refractivity contribution < 1.29 is 25.8 Å². The Balaban J connectivity index is 0.00000357. The van der Waals surface area contributed by atoms with E-state index in [0.29, 0.717) is 11.5 Å². The van der Waals surface area contributed by atoms with E-state index in [4.69, 9.17) is 9.84 Å². The second-order valence-electron chi connectivity index (χ2n) is 11.5. The number of fused-ring (bicyclic) bond motifs is 3. The van der Waals surface area contributed by atoms with Gasteiger partial charge in [-0.3, -0.25) is 4.68 Å². The first-order valence-corrected chi connectivity index (χ1v) is 15.1. The van der Waals surface area contributed by atoms with Gasteiger partial charge in [0.15, 0.2) is 0 Å². The van der Waals surface area contributed by atoms with Crippen molar-refractivity contribution in [3.63, 3.8) is 0 Å². The number of para-hydroxylation sites is 1. The summed E-state index contributed by atoms with van der Waals surface area (Å²) in [6, 6.07) is 33.9. The number of pyridine rings is 1. The summed E-state index contributed by atoms with van der Waals surface area (Å²) in [6.45, 7) is 12.9. The molecule has 5 nitrogen and oxygen atoms in total. The molecule has 0 aliphatic rings. The molecule has 0 aliphatic heterocycles. The molecule has 6 heteroatoms. The standard InChI is InChI=1S/C39H34N4O.Pt/c1-7-32-25(3)15-16-26(4)38(32)39-27(5)41-43(28(39)6)29-11-10-12-30(22-29)44-31-17-18-34-33-13-8-9-14-35(33)42(36(34)23-31)37-21-24(2)19-20-40-37;/h8-21H,7H2,1-6H3;/q-2;+2. The maximum absolute atomic E-state index is 6.41. The number of nitrogens with zero attached hydrogens (tertiary/aromatic N) is 4. The first-order valence-electron chi connectivity index (χ1n) is 15.1. The van der Waals surface area contributed by atoms with Crippen LogP contribution in [0, 0.1) is 46.8 Å². The molecule has 45 heavy (non-hydrogen) atoms. The largest absolute Gasteiger partial charge is 2.00 e. The van der Waals surface area contributed by atoms with Crippen molar-refractivity contribution in [2.75, 3.05) is 0 Å². The van der Waals surface area contributed by atoms with Gasteiger partial charge in [0, 0.05) is 34.5 Å². The molecule has 3 heterocycles. The summed E-state index contributed by atoms with van der Waals surface area (Å²) in [5.41, 5.74) is 12.5. The zero-order valence-corrected chi connectivity index (χ0v) is 28.6. The molecule has 4 aromatic carbocycles. The van der Waals surface area contributed by atoms with E-state index < -0.39 is 0 Å². The van der Waals surface area contributed by atoms with Crippen molar-refractivity contribution in [1.29, 1.82) is 0 Å². The van der Waals surface area contributed by atoms with Crippen molar-refractivity contribution in [3.05, 3.63) is 131 Å². The monoisotopic (exact) mass is 769 g/mol. The summed E-state index contributed by atoms with van der Waals surface area (Å²) in [6.07, 6.45) is 2.82. The Hall–Kier alpha value is -4.47. The van der Waals surface area contributed by atoms with E-state index in [1.165, 1.54) is 27.8 Å². The van der Waals surface area contributed by atoms with Crippen LogP contribution in [0.3, 0.4) is 0 Å². The molecular formula is C39H34N4OPt. The van der Waals surface area contributed by atoms with Crippen LogP contribution in [0.1, 0.15) is 40.6 Å². The van der Waals surface area contributed by atoms with Crippen LogP contribution in [0.5, 0.6) is 11.5 Å². The van der Waals surface area contributed by atoms with Gasteiger partial charge < -0.3 is 9.30 Å². The van der Waals surface area contributed by atoms with Crippen molar-refractivity contribution >= 4 is 21.8 Å². The van der Waals surface area contributed by atoms with E-state index in [-0.39, 0.29) is 21.1 Å². The summed E-state index contributed by atoms with van der Waals surface area (Å²) in [4.78, 5) is 4.69. The summed E-state index contributed by atoms with van der Waals surface area (Å²) in [5.74, 6) is 2.07. The SMILES string of the molecule is CCc1c(C)ccc(C)c1-c1c(C)nn(-c2[c-]c(Oc3[c-]c4c(cc3)c3ccccc3n4-c3cc(C)ccn3)ccc2)c1C.[Pt+2]. The Morgan fingerprint density at radius 3 is 2.33 bits per heavy atom. The zero-order valence-electron chi connectivity index (χ0n) is 26.3. The first kappa shape index (κ1) is 30.6. The molecule has 0 N–H and O–H groups in total. The van der Waals surface area contributed by atoms with Crippen LogP contribution in [0.15, 0.2) is 85.1 Å². The molecule has 0 saturated carbocycles. The predicted molar refractivity (Wildman–Crippen MR) is 178 cm³/mol. The minimum Gasteiger partial charge on any atom is -0.509 e. The van der Waals surface area contributed by atoms with Crippen molar-refractivity contribution in [1.82, 2.24) is 19.3 Å². The maximum Gasteiger partial charge on any atom is 2.00 e. The van der Waals surface area contributed by atoms with Gasteiger partial charge in [0.05, 0.1) is 5.69 Å². The molecule has 0 bridgehead atoms. The normalized spacial score (nSPS) is 11.2. The number of hydrogen-bond acceptors (Lipinski definition) is 3. The molecule has 0 radical (unpaired) electrons. The Morgan fingerprint density at radius 2 is 1.53 bits per heavy atom. The van der Waals surface area contributed by atoms with E-state index >= 15 is 0 Å². The van der Waals surface area contributed by atoms with Crippen molar-refractivity contribution in [3.8, 4) is 34.1 Å². The number of rotatable bonds is 6. The number of ether oxygens (including phenoxy) is 1. The van der Waals surface area contributed by atoms with Gasteiger partial charge in [-0.1, -0.05) is 42.8 Å². The molecule has 0 amide bonds. The number of benzene rings is 4. The third-order valence-corrected chi connectivity index (χ3v) is 8.54. The second kappa shape index (κ2) is 12.1. The quantitative estimate of drug-likeness (QED) is 0.158. The van der Waals surface area contributed by atoms with Crippen LogP contribution in [-0.2, 0) is 27.5 Å². The van der Waals surface area contributed by atoms with E-state index in [1.54, 1.807) is 0 Å². The molecule has 0 unspecified atom stereocenters. The van der Waals surface area contributed by atoms with Gasteiger partial charge in [-0.05, 0) is 98.1 Å². The maximum atomic E-state index is 6.41. The van der Waals surface area contributed by atoms with Crippen LogP contribution in [0.25, 0.3) is 44.4 Å². The minimum atomic E-state index is 0. The minimum absolute atomic E-state index is 0. The van der Waals surface area contributed by atoms with Crippen LogP contribution >= 0.6 is 0 Å². The molecule has 0 spiro atoms. The van der Waals surface area contributed by atoms with Crippen LogP contribution < -0.4 is 4.74 Å². The molecule has 226 valence electrons. The van der Waals surface area contributed by atoms with E-state index in [1.807, 2.05) is 41.2 Å². The smallest absolute Gasteiger partial charge is 0.509 e. The van der Waals surface area contributed by atoms with Crippen molar-refractivity contribution in [2.45, 2.75) is 48.0 Å². The van der Waals surface area contributed by atoms with E-state index in [0.717, 1.165) is 56.7 Å². The van der Waals surface area contributed by atoms with Gasteiger partial charge >= 0.3 is 21.1 Å². The summed E-state index contributed by atoms with van der Waals surface area (Å²) in [5, 5.41) is 7.23. The van der Waals surface area contributed by atoms with Crippen LogP contribution in [0.4, 0.5) is 0 Å². The fourth-order valence-corrected chi connectivity index (χ4v) is 6.46. The van der Waals surface area contributed by atoms with E-state index in [2.05, 4.69) is 112 Å². The van der Waals surface area contributed by atoms with Gasteiger partial charge in [0.1, 0.15) is 5.82 Å². The number of aryl methyl sites for hydroxylation is 4. The predicted octanol–water partition coefficient (Wildman–Crippen LogP) is 9.53. The third kappa shape index (κ3) is 5.30. The molecule has 0 fully saturated rings. The fourth-order valence-electron chi connectivity index (χ4n) is 6.46.